The molecule has 5 atom stereocenters. The highest BCUT2D eigenvalue weighted by molar-refractivity contribution is 7.13. The number of nitrogens with zero attached hydrogens (tertiary/aromatic N) is 6. The van der Waals surface area contributed by atoms with Crippen LogP contribution in [0.1, 0.15) is 89.7 Å². The van der Waals surface area contributed by atoms with E-state index in [1.54, 1.807) is 17.5 Å². The zero-order chi connectivity index (χ0) is 52.4. The molecule has 0 radical (unpaired) electrons. The Morgan fingerprint density at radius 1 is 0.836 bits per heavy atom. The normalized spacial score (nSPS) is 18.1. The number of carbonyl (C=O) groups is 4. The Kier molecular flexibility index (Phi) is 16.0. The lowest BCUT2D eigenvalue weighted by molar-refractivity contribution is -0.144. The van der Waals surface area contributed by atoms with E-state index in [-0.39, 0.29) is 54.6 Å². The van der Waals surface area contributed by atoms with E-state index in [1.165, 1.54) is 10.5 Å². The van der Waals surface area contributed by atoms with Crippen molar-refractivity contribution in [2.45, 2.75) is 112 Å². The molecule has 2 aliphatic heterocycles. The number of amides is 4. The molecular formula is C57H72N10O5S. The van der Waals surface area contributed by atoms with E-state index in [4.69, 9.17) is 5.73 Å². The molecular weight excluding hydrogens is 937 g/mol. The van der Waals surface area contributed by atoms with Gasteiger partial charge in [0, 0.05) is 74.9 Å². The second kappa shape index (κ2) is 22.0. The van der Waals surface area contributed by atoms with Crippen molar-refractivity contribution >= 4 is 46.2 Å². The van der Waals surface area contributed by atoms with Crippen LogP contribution in [0.15, 0.2) is 96.8 Å². The van der Waals surface area contributed by atoms with Crippen molar-refractivity contribution in [1.29, 1.82) is 0 Å². The number of thiazole rings is 1. The Balaban J connectivity index is 0.824. The molecule has 6 N–H and O–H groups in total. The quantitative estimate of drug-likeness (QED) is 0.0685. The van der Waals surface area contributed by atoms with E-state index >= 15 is 0 Å². The molecule has 2 aliphatic rings. The minimum absolute atomic E-state index is 0.0124. The molecule has 3 aromatic carbocycles. The largest absolute Gasteiger partial charge is 0.391 e. The van der Waals surface area contributed by atoms with Gasteiger partial charge in [-0.25, -0.2) is 9.50 Å². The number of fused-ring (bicyclic) bond motifs is 1. The third kappa shape index (κ3) is 12.9. The van der Waals surface area contributed by atoms with Gasteiger partial charge in [-0.1, -0.05) is 96.1 Å². The van der Waals surface area contributed by atoms with E-state index in [0.717, 1.165) is 74.7 Å². The van der Waals surface area contributed by atoms with Gasteiger partial charge in [0.2, 0.25) is 23.6 Å². The fourth-order valence-electron chi connectivity index (χ4n) is 10.0. The first-order valence-corrected chi connectivity index (χ1v) is 26.3. The first-order valence-electron chi connectivity index (χ1n) is 25.4. The SMILES string of the molecule is Cc1cc(NC(=O)[C@H](N)CC(C)(C)C)ccc1-c1ccnn2cc(-c3ccc(CN4CCN(CC(=O)N[C@H](C(=O)N5C[C@H](O)C[C@H]5C(=O)N[C@@H](C)c5ccc(-c6scnc6C)cc5)C(C)(C)C)CC4)cc3)cc12. The number of likely N-dealkylation sites (tertiary alicyclic amines) is 1. The molecule has 8 rings (SSSR count). The molecule has 6 aromatic rings. The topological polar surface area (TPSA) is 191 Å². The number of hydrogen-bond donors (Lipinski definition) is 5. The van der Waals surface area contributed by atoms with Gasteiger partial charge in [-0.3, -0.25) is 29.0 Å². The Morgan fingerprint density at radius 3 is 2.16 bits per heavy atom. The maximum absolute atomic E-state index is 14.3. The van der Waals surface area contributed by atoms with E-state index in [9.17, 15) is 24.3 Å². The summed E-state index contributed by atoms with van der Waals surface area (Å²) < 4.78 is 1.91. The molecule has 0 unspecified atom stereocenters. The van der Waals surface area contributed by atoms with E-state index < -0.39 is 29.6 Å². The van der Waals surface area contributed by atoms with Crippen LogP contribution in [-0.4, -0.2) is 122 Å². The smallest absolute Gasteiger partial charge is 0.246 e. The number of piperazine rings is 1. The van der Waals surface area contributed by atoms with E-state index in [2.05, 4.69) is 86.9 Å². The molecule has 3 aromatic heterocycles. The maximum Gasteiger partial charge on any atom is 0.246 e. The number of aromatic nitrogens is 3. The Labute approximate surface area is 433 Å². The average Bonchev–Trinajstić information content (AvgIpc) is 4.09. The van der Waals surface area contributed by atoms with Gasteiger partial charge in [0.1, 0.15) is 12.1 Å². The van der Waals surface area contributed by atoms with Gasteiger partial charge in [0.15, 0.2) is 0 Å². The number of aliphatic hydroxyl groups is 1. The molecule has 0 saturated carbocycles. The van der Waals surface area contributed by atoms with Crippen molar-refractivity contribution in [3.63, 3.8) is 0 Å². The van der Waals surface area contributed by atoms with Crippen LogP contribution in [0.2, 0.25) is 0 Å². The lowest BCUT2D eigenvalue weighted by atomic mass is 9.85. The molecule has 2 fully saturated rings. The highest BCUT2D eigenvalue weighted by atomic mass is 32.1. The predicted octanol–water partition coefficient (Wildman–Crippen LogP) is 7.60. The van der Waals surface area contributed by atoms with E-state index in [0.29, 0.717) is 25.2 Å². The van der Waals surface area contributed by atoms with Gasteiger partial charge in [-0.05, 0) is 95.7 Å². The number of aryl methyl sites for hydroxylation is 2. The lowest BCUT2D eigenvalue weighted by Crippen LogP contribution is -2.59. The van der Waals surface area contributed by atoms with Crippen molar-refractivity contribution in [2.75, 3.05) is 44.6 Å². The standard InChI is InChI=1S/C57H72N10O5S/c1-35-26-43(62-53(70)47(58)29-56(4,5)6)18-19-45(35)46-20-21-60-67-31-42(27-48(46)67)40-12-10-38(11-13-40)30-64-22-24-65(25-23-64)33-50(69)63-52(57(7,8)9)55(72)66-32-44(68)28-49(66)54(71)61-36(2)39-14-16-41(17-15-39)51-37(3)59-34-73-51/h10-21,26-27,31,34,36,44,47,49,52,68H,22-25,28-30,32-33,58H2,1-9H3,(H,61,71)(H,62,70)(H,63,69)/t36-,44+,47+,49-,52+/m0/s1. The Morgan fingerprint density at radius 2 is 1.52 bits per heavy atom. The van der Waals surface area contributed by atoms with Crippen molar-refractivity contribution in [2.24, 2.45) is 16.6 Å². The molecule has 5 heterocycles. The number of aliphatic hydroxyl groups excluding tert-OH is 1. The van der Waals surface area contributed by atoms with Crippen LogP contribution in [-0.2, 0) is 25.7 Å². The summed E-state index contributed by atoms with van der Waals surface area (Å²) in [6.07, 6.45) is 3.70. The number of nitrogens with one attached hydrogen (secondary N) is 3. The van der Waals surface area contributed by atoms with Gasteiger partial charge in [-0.15, -0.1) is 11.3 Å². The first-order chi connectivity index (χ1) is 34.6. The van der Waals surface area contributed by atoms with Crippen LogP contribution >= 0.6 is 11.3 Å². The molecule has 0 spiro atoms. The van der Waals surface area contributed by atoms with Gasteiger partial charge < -0.3 is 31.7 Å². The summed E-state index contributed by atoms with van der Waals surface area (Å²) in [4.78, 5) is 66.0. The number of rotatable bonds is 15. The van der Waals surface area contributed by atoms with Crippen LogP contribution in [0.25, 0.3) is 38.2 Å². The molecule has 15 nitrogen and oxygen atoms in total. The van der Waals surface area contributed by atoms with Crippen molar-refractivity contribution < 1.29 is 24.3 Å². The number of nitrogens with two attached hydrogens (primary N) is 1. The summed E-state index contributed by atoms with van der Waals surface area (Å²) >= 11 is 1.58. The molecule has 2 saturated heterocycles. The number of hydrogen-bond acceptors (Lipinski definition) is 11. The zero-order valence-electron chi connectivity index (χ0n) is 43.7. The molecule has 4 amide bonds. The minimum atomic E-state index is -0.902. The third-order valence-electron chi connectivity index (χ3n) is 14.0. The fraction of sp³-hybridized carbons (Fsp3) is 0.439. The minimum Gasteiger partial charge on any atom is -0.391 e. The summed E-state index contributed by atoms with van der Waals surface area (Å²) in [5, 5.41) is 24.5. The predicted molar refractivity (Wildman–Crippen MR) is 290 cm³/mol. The second-order valence-corrected chi connectivity index (χ2v) is 23.2. The molecule has 73 heavy (non-hydrogen) atoms. The summed E-state index contributed by atoms with van der Waals surface area (Å²) in [5.41, 5.74) is 18.4. The third-order valence-corrected chi connectivity index (χ3v) is 15.0. The van der Waals surface area contributed by atoms with Crippen LogP contribution < -0.4 is 21.7 Å². The van der Waals surface area contributed by atoms with Crippen LogP contribution in [0.5, 0.6) is 0 Å². The fourth-order valence-corrected chi connectivity index (χ4v) is 10.8. The highest BCUT2D eigenvalue weighted by Gasteiger charge is 2.45. The van der Waals surface area contributed by atoms with Crippen molar-refractivity contribution in [3.05, 3.63) is 119 Å². The Bertz CT molecular complexity index is 2930. The summed E-state index contributed by atoms with van der Waals surface area (Å²) in [6.45, 7) is 21.7. The number of carbonyl (C=O) groups excluding carboxylic acids is 4. The summed E-state index contributed by atoms with van der Waals surface area (Å²) in [7, 11) is 0. The summed E-state index contributed by atoms with van der Waals surface area (Å²) in [5.74, 6) is -1.16. The highest BCUT2D eigenvalue weighted by Crippen LogP contribution is 2.34. The van der Waals surface area contributed by atoms with Gasteiger partial charge >= 0.3 is 0 Å². The van der Waals surface area contributed by atoms with Crippen LogP contribution in [0, 0.1) is 24.7 Å². The lowest BCUT2D eigenvalue weighted by Gasteiger charge is -2.37. The van der Waals surface area contributed by atoms with Crippen LogP contribution in [0.4, 0.5) is 5.69 Å². The zero-order valence-corrected chi connectivity index (χ0v) is 44.6. The maximum atomic E-state index is 14.3. The van der Waals surface area contributed by atoms with Gasteiger partial charge in [0.25, 0.3) is 0 Å². The van der Waals surface area contributed by atoms with Crippen molar-refractivity contribution in [1.82, 2.24) is 39.9 Å². The number of β-amino-alcohol motifs (C(OH)–C–C–N with tert-alkyl or cyclic N) is 1. The summed E-state index contributed by atoms with van der Waals surface area (Å²) in [6, 6.07) is 24.1. The second-order valence-electron chi connectivity index (χ2n) is 22.3. The van der Waals surface area contributed by atoms with Gasteiger partial charge in [0.05, 0.1) is 46.3 Å². The molecule has 0 aliphatic carbocycles. The Hall–Kier alpha value is -6.30. The first kappa shape index (κ1) is 53.0. The van der Waals surface area contributed by atoms with Crippen molar-refractivity contribution in [3.8, 4) is 32.7 Å². The molecule has 386 valence electrons. The van der Waals surface area contributed by atoms with E-state index in [1.807, 2.05) is 106 Å². The van der Waals surface area contributed by atoms with Gasteiger partial charge in [-0.2, -0.15) is 5.10 Å². The molecule has 16 heteroatoms. The number of benzene rings is 3. The average molecular weight is 1010 g/mol. The number of anilines is 1. The molecule has 0 bridgehead atoms. The monoisotopic (exact) mass is 1010 g/mol. The van der Waals surface area contributed by atoms with Crippen LogP contribution in [0.3, 0.4) is 0 Å².